The van der Waals surface area contributed by atoms with Crippen LogP contribution in [0.4, 0.5) is 0 Å². The number of amides is 1. The summed E-state index contributed by atoms with van der Waals surface area (Å²) in [5, 5.41) is 13.2. The van der Waals surface area contributed by atoms with Crippen LogP contribution in [-0.2, 0) is 14.9 Å². The fraction of sp³-hybridized carbons (Fsp3) is 0.711. The van der Waals surface area contributed by atoms with Gasteiger partial charge in [-0.2, -0.15) is 8.42 Å². The van der Waals surface area contributed by atoms with Crippen molar-refractivity contribution < 1.29 is 22.9 Å². The first-order valence-electron chi connectivity index (χ1n) is 21.1. The van der Waals surface area contributed by atoms with Gasteiger partial charge in [-0.1, -0.05) is 189 Å². The fourth-order valence-electron chi connectivity index (χ4n) is 6.00. The zero-order valence-corrected chi connectivity index (χ0v) is 34.2. The first-order chi connectivity index (χ1) is 25.3. The zero-order chi connectivity index (χ0) is 38.2. The van der Waals surface area contributed by atoms with Gasteiger partial charge in [0, 0.05) is 6.42 Å². The van der Waals surface area contributed by atoms with Gasteiger partial charge < -0.3 is 10.4 Å². The Bertz CT molecular complexity index is 1090. The zero-order valence-electron chi connectivity index (χ0n) is 33.4. The summed E-state index contributed by atoms with van der Waals surface area (Å²) in [7, 11) is -4.35. The second kappa shape index (κ2) is 38.5. The Balaban J connectivity index is 3.98. The quantitative estimate of drug-likeness (QED) is 0.0334. The second-order valence-corrected chi connectivity index (χ2v) is 15.7. The lowest BCUT2D eigenvalue weighted by molar-refractivity contribution is -0.122. The van der Waals surface area contributed by atoms with Gasteiger partial charge >= 0.3 is 0 Å². The highest BCUT2D eigenvalue weighted by atomic mass is 32.2. The van der Waals surface area contributed by atoms with Crippen LogP contribution in [0.5, 0.6) is 0 Å². The fourth-order valence-corrected chi connectivity index (χ4v) is 6.74. The minimum absolute atomic E-state index is 0.270. The molecule has 0 fully saturated rings. The summed E-state index contributed by atoms with van der Waals surface area (Å²) in [5.74, 6) is -1.01. The highest BCUT2D eigenvalue weighted by molar-refractivity contribution is 7.85. The Kier molecular flexibility index (Phi) is 36.9. The number of allylic oxidation sites excluding steroid dienone is 11. The third-order valence-electron chi connectivity index (χ3n) is 9.14. The van der Waals surface area contributed by atoms with Crippen molar-refractivity contribution in [1.29, 1.82) is 0 Å². The van der Waals surface area contributed by atoms with Crippen LogP contribution in [0.25, 0.3) is 0 Å². The van der Waals surface area contributed by atoms with Crippen LogP contribution in [0.2, 0.25) is 0 Å². The van der Waals surface area contributed by atoms with E-state index in [1.807, 2.05) is 6.08 Å². The minimum atomic E-state index is -4.35. The van der Waals surface area contributed by atoms with Gasteiger partial charge in [0.05, 0.1) is 17.9 Å². The molecule has 0 spiro atoms. The van der Waals surface area contributed by atoms with E-state index in [0.717, 1.165) is 83.5 Å². The van der Waals surface area contributed by atoms with Crippen molar-refractivity contribution in [1.82, 2.24) is 5.32 Å². The van der Waals surface area contributed by atoms with Gasteiger partial charge in [0.1, 0.15) is 0 Å². The first-order valence-corrected chi connectivity index (χ1v) is 22.7. The highest BCUT2D eigenvalue weighted by Gasteiger charge is 2.24. The molecule has 0 aromatic carbocycles. The molecule has 2 atom stereocenters. The number of hydrogen-bond acceptors (Lipinski definition) is 4. The molecule has 0 aliphatic rings. The van der Waals surface area contributed by atoms with Crippen molar-refractivity contribution in [2.24, 2.45) is 0 Å². The minimum Gasteiger partial charge on any atom is -0.387 e. The average molecular weight is 746 g/mol. The van der Waals surface area contributed by atoms with Gasteiger partial charge in [0.25, 0.3) is 10.1 Å². The number of hydrogen-bond donors (Lipinski definition) is 3. The van der Waals surface area contributed by atoms with Crippen molar-refractivity contribution in [3.63, 3.8) is 0 Å². The molecule has 7 heteroatoms. The number of unbranched alkanes of at least 4 members (excludes halogenated alkanes) is 19. The molecule has 0 saturated heterocycles. The van der Waals surface area contributed by atoms with Gasteiger partial charge in [0.2, 0.25) is 5.91 Å². The standard InChI is InChI=1S/C45H79NO5S/c1-3-5-7-9-11-13-15-17-19-21-22-23-24-25-27-29-31-33-35-37-39-41-45(48)46-43(42-52(49,50)51)44(47)40-38-36-34-32-30-28-26-20-18-16-14-12-10-8-6-4-2/h5,7,11,13,17,19,22-23,25,27,38,40,43-44,47H,3-4,6,8-10,12,14-16,18,20-21,24,26,28-37,39,41-42H2,1-2H3,(H,46,48)(H,49,50,51)/b7-5-,13-11-,19-17-,23-22-,27-25-,40-38+. The van der Waals surface area contributed by atoms with Crippen LogP contribution in [0.15, 0.2) is 72.9 Å². The summed E-state index contributed by atoms with van der Waals surface area (Å²) in [6.07, 6.45) is 54.5. The van der Waals surface area contributed by atoms with Crippen molar-refractivity contribution in [3.05, 3.63) is 72.9 Å². The van der Waals surface area contributed by atoms with E-state index in [1.165, 1.54) is 77.0 Å². The molecule has 0 saturated carbocycles. The summed E-state index contributed by atoms with van der Waals surface area (Å²) in [6, 6.07) is -1.07. The molecule has 2 unspecified atom stereocenters. The maximum atomic E-state index is 12.5. The lowest BCUT2D eigenvalue weighted by Gasteiger charge is -2.21. The van der Waals surface area contributed by atoms with Crippen molar-refractivity contribution in [3.8, 4) is 0 Å². The lowest BCUT2D eigenvalue weighted by atomic mass is 10.0. The highest BCUT2D eigenvalue weighted by Crippen LogP contribution is 2.14. The summed E-state index contributed by atoms with van der Waals surface area (Å²) in [4.78, 5) is 12.5. The van der Waals surface area contributed by atoms with Crippen LogP contribution < -0.4 is 5.32 Å². The molecule has 6 nitrogen and oxygen atoms in total. The van der Waals surface area contributed by atoms with Gasteiger partial charge in [-0.05, 0) is 64.2 Å². The Morgan fingerprint density at radius 1 is 0.538 bits per heavy atom. The number of carbonyl (C=O) groups excluding carboxylic acids is 1. The van der Waals surface area contributed by atoms with E-state index < -0.39 is 28.0 Å². The molecule has 0 aliphatic carbocycles. The molecule has 0 aromatic heterocycles. The summed E-state index contributed by atoms with van der Waals surface area (Å²) < 4.78 is 32.5. The number of rotatable bonds is 37. The van der Waals surface area contributed by atoms with Crippen LogP contribution in [0, 0.1) is 0 Å². The lowest BCUT2D eigenvalue weighted by Crippen LogP contribution is -2.46. The van der Waals surface area contributed by atoms with Crippen molar-refractivity contribution in [2.45, 2.75) is 199 Å². The molecule has 0 bridgehead atoms. The Labute approximate surface area is 321 Å². The normalized spacial score (nSPS) is 14.0. The van der Waals surface area contributed by atoms with Crippen LogP contribution in [0.1, 0.15) is 187 Å². The SMILES string of the molecule is CC/C=C\C/C=C\C/C=C\C/C=C\C/C=C\CCCCCCCC(=O)NC(CS(=O)(=O)O)C(O)/C=C/CCCCCCCCCCCCCCCC. The number of carbonyl (C=O) groups is 1. The van der Waals surface area contributed by atoms with E-state index in [2.05, 4.69) is 79.9 Å². The molecule has 0 radical (unpaired) electrons. The summed E-state index contributed by atoms with van der Waals surface area (Å²) >= 11 is 0. The van der Waals surface area contributed by atoms with E-state index in [9.17, 15) is 22.9 Å². The van der Waals surface area contributed by atoms with E-state index >= 15 is 0 Å². The third kappa shape index (κ3) is 39.0. The third-order valence-corrected chi connectivity index (χ3v) is 9.92. The molecule has 0 aliphatic heterocycles. The number of aliphatic hydroxyl groups is 1. The van der Waals surface area contributed by atoms with Crippen molar-refractivity contribution in [2.75, 3.05) is 5.75 Å². The topological polar surface area (TPSA) is 104 Å². The molecule has 1 amide bonds. The summed E-state index contributed by atoms with van der Waals surface area (Å²) in [5.41, 5.74) is 0. The van der Waals surface area contributed by atoms with Crippen LogP contribution in [0.3, 0.4) is 0 Å². The maximum Gasteiger partial charge on any atom is 0.267 e. The van der Waals surface area contributed by atoms with Gasteiger partial charge in [-0.25, -0.2) is 0 Å². The van der Waals surface area contributed by atoms with Gasteiger partial charge in [-0.3, -0.25) is 9.35 Å². The van der Waals surface area contributed by atoms with Gasteiger partial charge in [-0.15, -0.1) is 0 Å². The van der Waals surface area contributed by atoms with E-state index in [0.29, 0.717) is 6.42 Å². The number of nitrogens with one attached hydrogen (secondary N) is 1. The molecule has 0 rings (SSSR count). The molecular formula is C45H79NO5S. The largest absolute Gasteiger partial charge is 0.387 e. The molecule has 0 heterocycles. The maximum absolute atomic E-state index is 12.5. The average Bonchev–Trinajstić information content (AvgIpc) is 3.11. The smallest absolute Gasteiger partial charge is 0.267 e. The molecule has 300 valence electrons. The second-order valence-electron chi connectivity index (χ2n) is 14.2. The van der Waals surface area contributed by atoms with E-state index in [-0.39, 0.29) is 12.3 Å². The Hall–Kier alpha value is -2.22. The van der Waals surface area contributed by atoms with Gasteiger partial charge in [0.15, 0.2) is 0 Å². The van der Waals surface area contributed by atoms with E-state index in [1.54, 1.807) is 6.08 Å². The molecule has 0 aromatic rings. The van der Waals surface area contributed by atoms with Crippen LogP contribution >= 0.6 is 0 Å². The summed E-state index contributed by atoms with van der Waals surface area (Å²) in [6.45, 7) is 4.41. The van der Waals surface area contributed by atoms with Crippen molar-refractivity contribution >= 4 is 16.0 Å². The predicted octanol–water partition coefficient (Wildman–Crippen LogP) is 12.6. The predicted molar refractivity (Wildman–Crippen MR) is 225 cm³/mol. The van der Waals surface area contributed by atoms with E-state index in [4.69, 9.17) is 0 Å². The van der Waals surface area contributed by atoms with Crippen LogP contribution in [-0.4, -0.2) is 41.9 Å². The number of aliphatic hydroxyl groups excluding tert-OH is 1. The monoisotopic (exact) mass is 746 g/mol. The molecule has 52 heavy (non-hydrogen) atoms. The molecular weight excluding hydrogens is 667 g/mol. The Morgan fingerprint density at radius 2 is 0.923 bits per heavy atom. The Morgan fingerprint density at radius 3 is 1.37 bits per heavy atom. The molecule has 3 N–H and O–H groups in total. The first kappa shape index (κ1) is 49.8.